The van der Waals surface area contributed by atoms with Gasteiger partial charge in [-0.15, -0.1) is 0 Å². The van der Waals surface area contributed by atoms with Crippen LogP contribution < -0.4 is 0 Å². The van der Waals surface area contributed by atoms with Crippen molar-refractivity contribution in [3.63, 3.8) is 0 Å². The number of ether oxygens (including phenoxy) is 1. The monoisotopic (exact) mass is 185 g/mol. The Morgan fingerprint density at radius 3 is 2.31 bits per heavy atom. The molecule has 0 radical (unpaired) electrons. The predicted octanol–water partition coefficient (Wildman–Crippen LogP) is 2.06. The van der Waals surface area contributed by atoms with Crippen LogP contribution in [-0.4, -0.2) is 24.8 Å². The number of nitrogens with zero attached hydrogens (tertiary/aromatic N) is 1. The molecule has 13 heavy (non-hydrogen) atoms. The van der Waals surface area contributed by atoms with Crippen molar-refractivity contribution >= 4 is 11.7 Å². The standard InChI is InChI=1S/C10H19NO2/c1-6-13-9(12)8(2)11-7-10(3,4)5/h6-7H2,1-5H3. The van der Waals surface area contributed by atoms with Gasteiger partial charge in [0.05, 0.1) is 6.61 Å². The number of aliphatic imine (C=N–C) groups is 1. The van der Waals surface area contributed by atoms with Crippen LogP contribution in [-0.2, 0) is 9.53 Å². The third-order valence-electron chi connectivity index (χ3n) is 1.36. The highest BCUT2D eigenvalue weighted by atomic mass is 16.5. The summed E-state index contributed by atoms with van der Waals surface area (Å²) in [6, 6.07) is 0. The summed E-state index contributed by atoms with van der Waals surface area (Å²) in [7, 11) is 0. The zero-order valence-corrected chi connectivity index (χ0v) is 9.18. The van der Waals surface area contributed by atoms with Gasteiger partial charge in [-0.2, -0.15) is 0 Å². The number of hydrogen-bond donors (Lipinski definition) is 0. The Hall–Kier alpha value is -0.860. The van der Waals surface area contributed by atoms with Crippen LogP contribution in [0.1, 0.15) is 34.6 Å². The lowest BCUT2D eigenvalue weighted by Crippen LogP contribution is -2.17. The number of carbonyl (C=O) groups is 1. The normalized spacial score (nSPS) is 12.8. The van der Waals surface area contributed by atoms with Gasteiger partial charge in [0.15, 0.2) is 0 Å². The van der Waals surface area contributed by atoms with Crippen LogP contribution in [0.25, 0.3) is 0 Å². The van der Waals surface area contributed by atoms with Crippen molar-refractivity contribution in [2.24, 2.45) is 10.4 Å². The summed E-state index contributed by atoms with van der Waals surface area (Å²) in [6.07, 6.45) is 0. The van der Waals surface area contributed by atoms with Crippen molar-refractivity contribution in [3.05, 3.63) is 0 Å². The van der Waals surface area contributed by atoms with Crippen LogP contribution in [0.2, 0.25) is 0 Å². The number of rotatable bonds is 3. The first kappa shape index (κ1) is 12.1. The Kier molecular flexibility index (Phi) is 4.67. The fourth-order valence-electron chi connectivity index (χ4n) is 0.656. The summed E-state index contributed by atoms with van der Waals surface area (Å²) in [6.45, 7) is 10.8. The summed E-state index contributed by atoms with van der Waals surface area (Å²) in [5.41, 5.74) is 0.574. The molecular weight excluding hydrogens is 166 g/mol. The van der Waals surface area contributed by atoms with Gasteiger partial charge >= 0.3 is 5.97 Å². The molecule has 0 aromatic rings. The predicted molar refractivity (Wildman–Crippen MR) is 54.1 cm³/mol. The van der Waals surface area contributed by atoms with Gasteiger partial charge in [0.25, 0.3) is 0 Å². The van der Waals surface area contributed by atoms with E-state index in [0.29, 0.717) is 18.9 Å². The molecule has 0 aliphatic rings. The minimum atomic E-state index is -0.313. The lowest BCUT2D eigenvalue weighted by Gasteiger charge is -2.14. The van der Waals surface area contributed by atoms with Crippen LogP contribution in [0.3, 0.4) is 0 Å². The van der Waals surface area contributed by atoms with Crippen molar-refractivity contribution in [2.45, 2.75) is 34.6 Å². The summed E-state index contributed by atoms with van der Waals surface area (Å²) >= 11 is 0. The fourth-order valence-corrected chi connectivity index (χ4v) is 0.656. The second kappa shape index (κ2) is 5.00. The number of carbonyl (C=O) groups excluding carboxylic acids is 1. The lowest BCUT2D eigenvalue weighted by atomic mass is 9.97. The number of esters is 1. The average Bonchev–Trinajstić information content (AvgIpc) is 1.99. The Morgan fingerprint density at radius 2 is 1.92 bits per heavy atom. The van der Waals surface area contributed by atoms with E-state index in [-0.39, 0.29) is 11.4 Å². The summed E-state index contributed by atoms with van der Waals surface area (Å²) in [5.74, 6) is -0.313. The van der Waals surface area contributed by atoms with E-state index in [1.54, 1.807) is 13.8 Å². The Balaban J connectivity index is 4.09. The Bertz CT molecular complexity index is 201. The second-order valence-electron chi connectivity index (χ2n) is 4.18. The molecule has 0 saturated heterocycles. The van der Waals surface area contributed by atoms with Crippen molar-refractivity contribution in [2.75, 3.05) is 13.2 Å². The average molecular weight is 185 g/mol. The molecule has 3 heteroatoms. The Morgan fingerprint density at radius 1 is 1.38 bits per heavy atom. The summed E-state index contributed by atoms with van der Waals surface area (Å²) in [5, 5.41) is 0. The Labute approximate surface area is 80.2 Å². The molecule has 0 aromatic heterocycles. The lowest BCUT2D eigenvalue weighted by molar-refractivity contribution is -0.135. The fraction of sp³-hybridized carbons (Fsp3) is 0.800. The molecule has 3 nitrogen and oxygen atoms in total. The van der Waals surface area contributed by atoms with Gasteiger partial charge < -0.3 is 4.74 Å². The maximum absolute atomic E-state index is 11.1. The topological polar surface area (TPSA) is 38.7 Å². The zero-order chi connectivity index (χ0) is 10.5. The molecule has 0 atom stereocenters. The molecule has 0 N–H and O–H groups in total. The molecule has 0 unspecified atom stereocenters. The van der Waals surface area contributed by atoms with Crippen molar-refractivity contribution < 1.29 is 9.53 Å². The maximum Gasteiger partial charge on any atom is 0.351 e. The summed E-state index contributed by atoms with van der Waals surface area (Å²) in [4.78, 5) is 15.3. The van der Waals surface area contributed by atoms with Gasteiger partial charge in [-0.05, 0) is 19.3 Å². The maximum atomic E-state index is 11.1. The van der Waals surface area contributed by atoms with E-state index in [2.05, 4.69) is 25.8 Å². The van der Waals surface area contributed by atoms with E-state index in [9.17, 15) is 4.79 Å². The van der Waals surface area contributed by atoms with E-state index in [4.69, 9.17) is 4.74 Å². The van der Waals surface area contributed by atoms with E-state index in [0.717, 1.165) is 0 Å². The van der Waals surface area contributed by atoms with E-state index in [1.165, 1.54) is 0 Å². The van der Waals surface area contributed by atoms with Crippen molar-refractivity contribution in [1.82, 2.24) is 0 Å². The third kappa shape index (κ3) is 6.31. The molecule has 0 aliphatic carbocycles. The van der Waals surface area contributed by atoms with Crippen LogP contribution >= 0.6 is 0 Å². The van der Waals surface area contributed by atoms with Gasteiger partial charge in [-0.1, -0.05) is 20.8 Å². The first-order valence-corrected chi connectivity index (χ1v) is 4.55. The van der Waals surface area contributed by atoms with Crippen LogP contribution in [0.15, 0.2) is 4.99 Å². The molecule has 0 heterocycles. The van der Waals surface area contributed by atoms with Crippen LogP contribution in [0.5, 0.6) is 0 Å². The molecule has 0 aliphatic heterocycles. The largest absolute Gasteiger partial charge is 0.462 e. The van der Waals surface area contributed by atoms with E-state index in [1.807, 2.05) is 0 Å². The molecule has 0 aromatic carbocycles. The minimum absolute atomic E-state index is 0.119. The van der Waals surface area contributed by atoms with Crippen LogP contribution in [0.4, 0.5) is 0 Å². The second-order valence-corrected chi connectivity index (χ2v) is 4.18. The highest BCUT2D eigenvalue weighted by molar-refractivity contribution is 6.35. The van der Waals surface area contributed by atoms with Crippen molar-refractivity contribution in [3.8, 4) is 0 Å². The van der Waals surface area contributed by atoms with Gasteiger partial charge in [-0.25, -0.2) is 4.79 Å². The molecule has 0 rings (SSSR count). The van der Waals surface area contributed by atoms with Crippen LogP contribution in [0, 0.1) is 5.41 Å². The smallest absolute Gasteiger partial charge is 0.351 e. The highest BCUT2D eigenvalue weighted by Crippen LogP contribution is 2.12. The molecule has 0 spiro atoms. The van der Waals surface area contributed by atoms with Gasteiger partial charge in [-0.3, -0.25) is 4.99 Å². The minimum Gasteiger partial charge on any atom is -0.462 e. The molecule has 0 amide bonds. The first-order valence-electron chi connectivity index (χ1n) is 4.55. The highest BCUT2D eigenvalue weighted by Gasteiger charge is 2.11. The van der Waals surface area contributed by atoms with Gasteiger partial charge in [0, 0.05) is 6.54 Å². The third-order valence-corrected chi connectivity index (χ3v) is 1.36. The van der Waals surface area contributed by atoms with Crippen molar-refractivity contribution in [1.29, 1.82) is 0 Å². The van der Waals surface area contributed by atoms with E-state index < -0.39 is 0 Å². The molecule has 0 bridgehead atoms. The molecular formula is C10H19NO2. The molecule has 0 saturated carbocycles. The number of hydrogen-bond acceptors (Lipinski definition) is 3. The quantitative estimate of drug-likeness (QED) is 0.498. The summed E-state index contributed by atoms with van der Waals surface area (Å²) < 4.78 is 4.80. The molecule has 0 fully saturated rings. The van der Waals surface area contributed by atoms with Gasteiger partial charge in [0.1, 0.15) is 5.71 Å². The zero-order valence-electron chi connectivity index (χ0n) is 9.18. The van der Waals surface area contributed by atoms with Gasteiger partial charge in [0.2, 0.25) is 0 Å². The van der Waals surface area contributed by atoms with E-state index >= 15 is 0 Å². The molecule has 76 valence electrons. The SMILES string of the molecule is CCOC(=O)C(C)=NCC(C)(C)C. The first-order chi connectivity index (χ1) is 5.87.